The number of amides is 1. The highest BCUT2D eigenvalue weighted by molar-refractivity contribution is 7.89. The third kappa shape index (κ3) is 4.14. The topological polar surface area (TPSA) is 116 Å². The average molecular weight is 446 g/mol. The number of carbonyl (C=O) groups is 1. The Bertz CT molecular complexity index is 1130. The minimum atomic E-state index is -3.44. The van der Waals surface area contributed by atoms with Crippen molar-refractivity contribution >= 4 is 15.9 Å². The van der Waals surface area contributed by atoms with E-state index in [2.05, 4.69) is 15.0 Å². The van der Waals surface area contributed by atoms with Gasteiger partial charge in [0, 0.05) is 31.0 Å². The lowest BCUT2D eigenvalue weighted by atomic mass is 9.99. The lowest BCUT2D eigenvalue weighted by Gasteiger charge is -2.36. The van der Waals surface area contributed by atoms with Crippen LogP contribution < -0.4 is 5.56 Å². The molecule has 4 heterocycles. The van der Waals surface area contributed by atoms with Crippen molar-refractivity contribution < 1.29 is 13.2 Å². The highest BCUT2D eigenvalue weighted by Gasteiger charge is 2.34. The van der Waals surface area contributed by atoms with Crippen LogP contribution in [0.15, 0.2) is 29.3 Å². The molecule has 2 aliphatic rings. The van der Waals surface area contributed by atoms with Gasteiger partial charge in [-0.05, 0) is 51.7 Å². The van der Waals surface area contributed by atoms with Crippen LogP contribution in [0.4, 0.5) is 0 Å². The maximum Gasteiger partial charge on any atom is 0.256 e. The van der Waals surface area contributed by atoms with Gasteiger partial charge in [0.2, 0.25) is 10.0 Å². The molecular formula is C21H27N5O4S. The third-order valence-electron chi connectivity index (χ3n) is 6.00. The van der Waals surface area contributed by atoms with Crippen molar-refractivity contribution in [1.82, 2.24) is 24.2 Å². The standard InChI is InChI=1S/C21H27N5O4S/c1-14(2)31(29,30)25-11-8-16-17(13-25)23-19(24-20(16)27)18-7-3-4-10-26(18)21(28)15-6-5-9-22-12-15/h5-6,9,12,14,18H,3-4,7-8,10-11,13H2,1-2H3,(H,23,24,27). The number of aromatic amines is 1. The number of nitrogens with zero attached hydrogens (tertiary/aromatic N) is 4. The minimum absolute atomic E-state index is 0.0794. The Labute approximate surface area is 181 Å². The van der Waals surface area contributed by atoms with Crippen LogP contribution in [-0.4, -0.2) is 56.8 Å². The minimum Gasteiger partial charge on any atom is -0.328 e. The average Bonchev–Trinajstić information content (AvgIpc) is 2.78. The normalized spacial score (nSPS) is 20.0. The molecule has 0 aromatic carbocycles. The first-order valence-electron chi connectivity index (χ1n) is 10.6. The molecule has 0 aliphatic carbocycles. The van der Waals surface area contributed by atoms with Crippen LogP contribution in [0.1, 0.15) is 66.6 Å². The second-order valence-electron chi connectivity index (χ2n) is 8.31. The van der Waals surface area contributed by atoms with Crippen molar-refractivity contribution in [3.63, 3.8) is 0 Å². The molecular weight excluding hydrogens is 418 g/mol. The van der Waals surface area contributed by atoms with Gasteiger partial charge in [-0.2, -0.15) is 4.31 Å². The van der Waals surface area contributed by atoms with E-state index in [1.807, 2.05) is 0 Å². The molecule has 1 N–H and O–H groups in total. The summed E-state index contributed by atoms with van der Waals surface area (Å²) in [5, 5.41) is -0.540. The molecule has 9 nitrogen and oxygen atoms in total. The van der Waals surface area contributed by atoms with E-state index < -0.39 is 15.3 Å². The Morgan fingerprint density at radius 1 is 1.26 bits per heavy atom. The van der Waals surface area contributed by atoms with Crippen molar-refractivity contribution in [1.29, 1.82) is 0 Å². The summed E-state index contributed by atoms with van der Waals surface area (Å²) in [6, 6.07) is 3.07. The molecule has 1 fully saturated rings. The maximum absolute atomic E-state index is 13.1. The molecule has 0 spiro atoms. The lowest BCUT2D eigenvalue weighted by molar-refractivity contribution is 0.0598. The maximum atomic E-state index is 13.1. The fraction of sp³-hybridized carbons (Fsp3) is 0.524. The molecule has 2 aromatic rings. The molecule has 10 heteroatoms. The van der Waals surface area contributed by atoms with Crippen LogP contribution in [0.2, 0.25) is 0 Å². The van der Waals surface area contributed by atoms with Crippen molar-refractivity contribution in [2.45, 2.75) is 57.4 Å². The lowest BCUT2D eigenvalue weighted by Crippen LogP contribution is -2.43. The van der Waals surface area contributed by atoms with Gasteiger partial charge in [0.15, 0.2) is 0 Å². The summed E-state index contributed by atoms with van der Waals surface area (Å²) >= 11 is 0. The Kier molecular flexibility index (Phi) is 5.94. The van der Waals surface area contributed by atoms with Crippen LogP contribution in [0.3, 0.4) is 0 Å². The molecule has 166 valence electrons. The first kappa shape index (κ1) is 21.6. The number of sulfonamides is 1. The van der Waals surface area contributed by atoms with Gasteiger partial charge < -0.3 is 9.88 Å². The van der Waals surface area contributed by atoms with E-state index in [1.54, 1.807) is 37.1 Å². The van der Waals surface area contributed by atoms with E-state index in [4.69, 9.17) is 0 Å². The Morgan fingerprint density at radius 3 is 2.77 bits per heavy atom. The number of hydrogen-bond acceptors (Lipinski definition) is 6. The second kappa shape index (κ2) is 8.51. The predicted molar refractivity (Wildman–Crippen MR) is 115 cm³/mol. The molecule has 2 aliphatic heterocycles. The van der Waals surface area contributed by atoms with Gasteiger partial charge in [-0.25, -0.2) is 13.4 Å². The molecule has 1 atom stereocenters. The number of carbonyl (C=O) groups excluding carboxylic acids is 1. The van der Waals surface area contributed by atoms with Gasteiger partial charge >= 0.3 is 0 Å². The van der Waals surface area contributed by atoms with Crippen LogP contribution in [-0.2, 0) is 23.0 Å². The van der Waals surface area contributed by atoms with E-state index in [0.717, 1.165) is 12.8 Å². The first-order chi connectivity index (χ1) is 14.8. The van der Waals surface area contributed by atoms with Crippen LogP contribution >= 0.6 is 0 Å². The van der Waals surface area contributed by atoms with Crippen LogP contribution in [0.25, 0.3) is 0 Å². The number of hydrogen-bond donors (Lipinski definition) is 1. The SMILES string of the molecule is CC(C)S(=O)(=O)N1CCc2c(nc(C3CCCCN3C(=O)c3cccnc3)[nH]c2=O)C1. The first-order valence-corrected chi connectivity index (χ1v) is 12.1. The summed E-state index contributed by atoms with van der Waals surface area (Å²) in [7, 11) is -3.44. The predicted octanol–water partition coefficient (Wildman–Crippen LogP) is 1.63. The highest BCUT2D eigenvalue weighted by atomic mass is 32.2. The number of H-pyrrole nitrogens is 1. The summed E-state index contributed by atoms with van der Waals surface area (Å²) < 4.78 is 26.6. The van der Waals surface area contributed by atoms with Crippen molar-refractivity contribution in [2.24, 2.45) is 0 Å². The number of fused-ring (bicyclic) bond motifs is 1. The van der Waals surface area contributed by atoms with E-state index >= 15 is 0 Å². The van der Waals surface area contributed by atoms with Crippen molar-refractivity contribution in [3.05, 3.63) is 57.5 Å². The monoisotopic (exact) mass is 445 g/mol. The Balaban J connectivity index is 1.67. The number of aromatic nitrogens is 3. The molecule has 0 saturated carbocycles. The van der Waals surface area contributed by atoms with Gasteiger partial charge in [0.05, 0.1) is 29.1 Å². The summed E-state index contributed by atoms with van der Waals surface area (Å²) in [5.41, 5.74) is 1.25. The van der Waals surface area contributed by atoms with Crippen LogP contribution in [0.5, 0.6) is 0 Å². The summed E-state index contributed by atoms with van der Waals surface area (Å²) in [6.45, 7) is 4.20. The molecule has 2 aromatic heterocycles. The zero-order valence-corrected chi connectivity index (χ0v) is 18.6. The number of piperidine rings is 1. The molecule has 0 bridgehead atoms. The van der Waals surface area contributed by atoms with Crippen molar-refractivity contribution in [2.75, 3.05) is 13.1 Å². The Morgan fingerprint density at radius 2 is 2.06 bits per heavy atom. The summed E-state index contributed by atoms with van der Waals surface area (Å²) in [6.07, 6.45) is 5.94. The van der Waals surface area contributed by atoms with Gasteiger partial charge in [0.25, 0.3) is 11.5 Å². The zero-order valence-electron chi connectivity index (χ0n) is 17.7. The van der Waals surface area contributed by atoms with E-state index in [1.165, 1.54) is 10.5 Å². The largest absolute Gasteiger partial charge is 0.328 e. The molecule has 0 radical (unpaired) electrons. The Hall–Kier alpha value is -2.59. The van der Waals surface area contributed by atoms with Gasteiger partial charge in [-0.15, -0.1) is 0 Å². The fourth-order valence-corrected chi connectivity index (χ4v) is 5.47. The van der Waals surface area contributed by atoms with Gasteiger partial charge in [-0.3, -0.25) is 14.6 Å². The fourth-order valence-electron chi connectivity index (χ4n) is 4.22. The molecule has 4 rings (SSSR count). The molecule has 1 unspecified atom stereocenters. The van der Waals surface area contributed by atoms with E-state index in [9.17, 15) is 18.0 Å². The number of likely N-dealkylation sites (tertiary alicyclic amines) is 1. The zero-order chi connectivity index (χ0) is 22.2. The molecule has 31 heavy (non-hydrogen) atoms. The van der Waals surface area contributed by atoms with Gasteiger partial charge in [-0.1, -0.05) is 0 Å². The number of rotatable bonds is 4. The summed E-state index contributed by atoms with van der Waals surface area (Å²) in [4.78, 5) is 39.2. The third-order valence-corrected chi connectivity index (χ3v) is 8.22. The number of pyridine rings is 1. The van der Waals surface area contributed by atoms with Crippen LogP contribution in [0, 0.1) is 0 Å². The number of nitrogens with one attached hydrogen (secondary N) is 1. The molecule has 1 saturated heterocycles. The summed E-state index contributed by atoms with van der Waals surface area (Å²) in [5.74, 6) is 0.270. The smallest absolute Gasteiger partial charge is 0.256 e. The quantitative estimate of drug-likeness (QED) is 0.765. The van der Waals surface area contributed by atoms with Gasteiger partial charge in [0.1, 0.15) is 5.82 Å². The molecule has 1 amide bonds. The van der Waals surface area contributed by atoms with Crippen molar-refractivity contribution in [3.8, 4) is 0 Å². The van der Waals surface area contributed by atoms with E-state index in [0.29, 0.717) is 42.0 Å². The second-order valence-corrected chi connectivity index (χ2v) is 10.8. The highest BCUT2D eigenvalue weighted by Crippen LogP contribution is 2.31. The van der Waals surface area contributed by atoms with E-state index in [-0.39, 0.29) is 30.6 Å².